The number of aromatic nitrogens is 3. The summed E-state index contributed by atoms with van der Waals surface area (Å²) in [5, 5.41) is 2.11. The van der Waals surface area contributed by atoms with Crippen molar-refractivity contribution in [1.82, 2.24) is 15.0 Å². The van der Waals surface area contributed by atoms with Crippen LogP contribution in [0.1, 0.15) is 5.01 Å². The molecule has 3 aromatic heterocycles. The molecule has 0 saturated carbocycles. The standard InChI is InChI=1S/C14H9N3S2/c1-8-16-10-5-4-9(7-12(10)18-8)14-17-13-11(19-14)3-2-6-15-13/h2-7H,1H3. The molecule has 1 aromatic carbocycles. The molecule has 0 fully saturated rings. The van der Waals surface area contributed by atoms with Crippen LogP contribution in [0.4, 0.5) is 0 Å². The predicted molar refractivity (Wildman–Crippen MR) is 80.8 cm³/mol. The first kappa shape index (κ1) is 11.0. The zero-order valence-corrected chi connectivity index (χ0v) is 11.8. The lowest BCUT2D eigenvalue weighted by molar-refractivity contribution is 1.33. The molecular formula is C14H9N3S2. The van der Waals surface area contributed by atoms with Gasteiger partial charge in [0.05, 0.1) is 19.9 Å². The lowest BCUT2D eigenvalue weighted by Gasteiger charge is -1.94. The van der Waals surface area contributed by atoms with Crippen LogP contribution in [-0.4, -0.2) is 15.0 Å². The Balaban J connectivity index is 1.92. The van der Waals surface area contributed by atoms with Crippen LogP contribution in [0.25, 0.3) is 31.1 Å². The van der Waals surface area contributed by atoms with Crippen molar-refractivity contribution in [2.45, 2.75) is 6.92 Å². The van der Waals surface area contributed by atoms with Gasteiger partial charge in [-0.1, -0.05) is 0 Å². The van der Waals surface area contributed by atoms with Crippen LogP contribution in [-0.2, 0) is 0 Å². The van der Waals surface area contributed by atoms with Gasteiger partial charge in [0.25, 0.3) is 0 Å². The first-order valence-corrected chi connectivity index (χ1v) is 7.52. The molecule has 0 aliphatic heterocycles. The molecule has 0 N–H and O–H groups in total. The highest BCUT2D eigenvalue weighted by Gasteiger charge is 2.08. The van der Waals surface area contributed by atoms with E-state index in [2.05, 4.69) is 39.2 Å². The molecule has 4 aromatic rings. The molecule has 0 aliphatic carbocycles. The van der Waals surface area contributed by atoms with E-state index in [4.69, 9.17) is 0 Å². The fourth-order valence-corrected chi connectivity index (χ4v) is 3.85. The van der Waals surface area contributed by atoms with Crippen molar-refractivity contribution in [3.8, 4) is 10.6 Å². The van der Waals surface area contributed by atoms with E-state index in [-0.39, 0.29) is 0 Å². The SMILES string of the molecule is Cc1nc2ccc(-c3nc4ncccc4s3)cc2s1. The minimum absolute atomic E-state index is 0.822. The number of thiazole rings is 2. The van der Waals surface area contributed by atoms with E-state index >= 15 is 0 Å². The number of hydrogen-bond acceptors (Lipinski definition) is 5. The Hall–Kier alpha value is -1.85. The predicted octanol–water partition coefficient (Wildman–Crippen LogP) is 4.28. The van der Waals surface area contributed by atoms with E-state index < -0.39 is 0 Å². The van der Waals surface area contributed by atoms with Crippen LogP contribution in [0.2, 0.25) is 0 Å². The van der Waals surface area contributed by atoms with Gasteiger partial charge < -0.3 is 0 Å². The average Bonchev–Trinajstić information content (AvgIpc) is 2.99. The minimum Gasteiger partial charge on any atom is -0.242 e. The molecule has 19 heavy (non-hydrogen) atoms. The largest absolute Gasteiger partial charge is 0.242 e. The molecule has 92 valence electrons. The normalized spacial score (nSPS) is 11.4. The van der Waals surface area contributed by atoms with Crippen molar-refractivity contribution in [3.05, 3.63) is 41.5 Å². The number of rotatable bonds is 1. The van der Waals surface area contributed by atoms with Gasteiger partial charge >= 0.3 is 0 Å². The second-order valence-corrected chi connectivity index (χ2v) is 6.52. The van der Waals surface area contributed by atoms with Gasteiger partial charge in [-0.3, -0.25) is 0 Å². The monoisotopic (exact) mass is 283 g/mol. The summed E-state index contributed by atoms with van der Waals surface area (Å²) in [7, 11) is 0. The van der Waals surface area contributed by atoms with E-state index in [9.17, 15) is 0 Å². The molecule has 0 bridgehead atoms. The third-order valence-electron chi connectivity index (χ3n) is 2.91. The summed E-state index contributed by atoms with van der Waals surface area (Å²) in [5.74, 6) is 0. The van der Waals surface area contributed by atoms with Crippen LogP contribution in [0, 0.1) is 6.92 Å². The van der Waals surface area contributed by atoms with Gasteiger partial charge in [-0.2, -0.15) is 0 Å². The first-order chi connectivity index (χ1) is 9.29. The number of hydrogen-bond donors (Lipinski definition) is 0. The maximum absolute atomic E-state index is 4.59. The van der Waals surface area contributed by atoms with Gasteiger partial charge in [-0.25, -0.2) is 15.0 Å². The molecule has 4 rings (SSSR count). The van der Waals surface area contributed by atoms with Gasteiger partial charge in [0.1, 0.15) is 5.01 Å². The zero-order valence-electron chi connectivity index (χ0n) is 10.1. The Kier molecular flexibility index (Phi) is 2.36. The van der Waals surface area contributed by atoms with Gasteiger partial charge in [0.2, 0.25) is 0 Å². The second kappa shape index (κ2) is 4.08. The highest BCUT2D eigenvalue weighted by atomic mass is 32.1. The third kappa shape index (κ3) is 1.82. The third-order valence-corrected chi connectivity index (χ3v) is 4.90. The Morgan fingerprint density at radius 2 is 1.95 bits per heavy atom. The second-order valence-electron chi connectivity index (χ2n) is 4.26. The van der Waals surface area contributed by atoms with E-state index in [1.807, 2.05) is 13.0 Å². The van der Waals surface area contributed by atoms with Gasteiger partial charge in [-0.05, 0) is 37.3 Å². The Bertz CT molecular complexity index is 859. The molecule has 3 nitrogen and oxygen atoms in total. The molecule has 0 atom stereocenters. The van der Waals surface area contributed by atoms with Crippen LogP contribution in [0.15, 0.2) is 36.5 Å². The summed E-state index contributed by atoms with van der Waals surface area (Å²) in [6.07, 6.45) is 1.78. The molecule has 0 radical (unpaired) electrons. The summed E-state index contributed by atoms with van der Waals surface area (Å²) in [6.45, 7) is 2.03. The van der Waals surface area contributed by atoms with E-state index in [0.29, 0.717) is 0 Å². The van der Waals surface area contributed by atoms with E-state index in [0.717, 1.165) is 31.4 Å². The van der Waals surface area contributed by atoms with Gasteiger partial charge in [0.15, 0.2) is 5.65 Å². The van der Waals surface area contributed by atoms with Crippen molar-refractivity contribution in [3.63, 3.8) is 0 Å². The maximum atomic E-state index is 4.59. The minimum atomic E-state index is 0.822. The highest BCUT2D eigenvalue weighted by Crippen LogP contribution is 2.32. The Morgan fingerprint density at radius 1 is 1.00 bits per heavy atom. The molecule has 0 spiro atoms. The highest BCUT2D eigenvalue weighted by molar-refractivity contribution is 7.21. The van der Waals surface area contributed by atoms with E-state index in [1.165, 1.54) is 4.70 Å². The van der Waals surface area contributed by atoms with E-state index in [1.54, 1.807) is 28.9 Å². The van der Waals surface area contributed by atoms with Gasteiger partial charge in [-0.15, -0.1) is 22.7 Å². The van der Waals surface area contributed by atoms with Crippen LogP contribution in [0.5, 0.6) is 0 Å². The molecule has 3 heterocycles. The Labute approximate surface area is 117 Å². The fraction of sp³-hybridized carbons (Fsp3) is 0.0714. The zero-order chi connectivity index (χ0) is 12.8. The first-order valence-electron chi connectivity index (χ1n) is 5.89. The number of benzene rings is 1. The van der Waals surface area contributed by atoms with Crippen LogP contribution < -0.4 is 0 Å². The molecule has 0 aliphatic rings. The lowest BCUT2D eigenvalue weighted by Crippen LogP contribution is -1.77. The van der Waals surface area contributed by atoms with Crippen LogP contribution >= 0.6 is 22.7 Å². The quantitative estimate of drug-likeness (QED) is 0.523. The number of nitrogens with zero attached hydrogens (tertiary/aromatic N) is 3. The van der Waals surface area contributed by atoms with Crippen molar-refractivity contribution in [2.75, 3.05) is 0 Å². The van der Waals surface area contributed by atoms with Crippen molar-refractivity contribution >= 4 is 43.2 Å². The van der Waals surface area contributed by atoms with Crippen molar-refractivity contribution in [2.24, 2.45) is 0 Å². The summed E-state index contributed by atoms with van der Waals surface area (Å²) >= 11 is 3.39. The van der Waals surface area contributed by atoms with Crippen molar-refractivity contribution < 1.29 is 0 Å². The molecule has 5 heteroatoms. The number of aryl methyl sites for hydroxylation is 1. The summed E-state index contributed by atoms with van der Waals surface area (Å²) in [6, 6.07) is 10.3. The number of fused-ring (bicyclic) bond motifs is 2. The molecule has 0 saturated heterocycles. The van der Waals surface area contributed by atoms with Gasteiger partial charge in [0, 0.05) is 11.8 Å². The number of pyridine rings is 1. The fourth-order valence-electron chi connectivity index (χ4n) is 2.07. The average molecular weight is 283 g/mol. The summed E-state index contributed by atoms with van der Waals surface area (Å²) in [5.41, 5.74) is 3.02. The smallest absolute Gasteiger partial charge is 0.170 e. The van der Waals surface area contributed by atoms with Crippen molar-refractivity contribution in [1.29, 1.82) is 0 Å². The Morgan fingerprint density at radius 3 is 2.84 bits per heavy atom. The molecule has 0 unspecified atom stereocenters. The molecule has 0 amide bonds. The molecular weight excluding hydrogens is 274 g/mol. The van der Waals surface area contributed by atoms with Crippen LogP contribution in [0.3, 0.4) is 0 Å². The maximum Gasteiger partial charge on any atom is 0.170 e. The summed E-state index contributed by atoms with van der Waals surface area (Å²) in [4.78, 5) is 13.4. The lowest BCUT2D eigenvalue weighted by atomic mass is 10.2. The summed E-state index contributed by atoms with van der Waals surface area (Å²) < 4.78 is 2.33. The topological polar surface area (TPSA) is 38.7 Å².